The van der Waals surface area contributed by atoms with Crippen LogP contribution >= 0.6 is 11.6 Å². The highest BCUT2D eigenvalue weighted by molar-refractivity contribution is 7.89. The Morgan fingerprint density at radius 2 is 1.76 bits per heavy atom. The van der Waals surface area contributed by atoms with Crippen molar-refractivity contribution in [2.24, 2.45) is 0 Å². The quantitative estimate of drug-likeness (QED) is 0.583. The number of amides is 1. The van der Waals surface area contributed by atoms with Gasteiger partial charge in [0.15, 0.2) is 11.5 Å². The van der Waals surface area contributed by atoms with Gasteiger partial charge in [-0.3, -0.25) is 4.79 Å². The monoisotopic (exact) mass is 438 g/mol. The Kier molecular flexibility index (Phi) is 7.35. The third-order valence-corrected chi connectivity index (χ3v) is 6.13. The summed E-state index contributed by atoms with van der Waals surface area (Å²) >= 11 is 6.01. The number of rotatable bonds is 9. The lowest BCUT2D eigenvalue weighted by Gasteiger charge is -2.18. The molecule has 0 aliphatic carbocycles. The van der Waals surface area contributed by atoms with E-state index in [4.69, 9.17) is 21.1 Å². The molecule has 0 atom stereocenters. The molecule has 2 aromatic rings. The standard InChI is InChI=1S/C20H23ClN2O5S/c21-16-6-3-4-7-17(16)23-20(24)8-2-1-5-11-22-29(25,26)15-9-10-18-19(14-15)28-13-12-27-18/h3-4,6-7,9-10,14,22H,1-2,5,8,11-13H2,(H,23,24). The summed E-state index contributed by atoms with van der Waals surface area (Å²) in [6, 6.07) is 11.6. The molecule has 0 aromatic heterocycles. The first kappa shape index (κ1) is 21.4. The molecule has 3 rings (SSSR count). The molecule has 0 saturated heterocycles. The topological polar surface area (TPSA) is 93.7 Å². The number of para-hydroxylation sites is 1. The molecule has 2 N–H and O–H groups in total. The molecule has 1 aliphatic rings. The maximum atomic E-state index is 12.4. The van der Waals surface area contributed by atoms with Gasteiger partial charge in [0.25, 0.3) is 0 Å². The third-order valence-electron chi connectivity index (χ3n) is 4.34. The van der Waals surface area contributed by atoms with Crippen LogP contribution in [0.15, 0.2) is 47.4 Å². The van der Waals surface area contributed by atoms with Crippen molar-refractivity contribution in [3.05, 3.63) is 47.5 Å². The van der Waals surface area contributed by atoms with E-state index in [9.17, 15) is 13.2 Å². The molecule has 2 aromatic carbocycles. The van der Waals surface area contributed by atoms with Gasteiger partial charge in [-0.05, 0) is 37.1 Å². The fourth-order valence-corrected chi connectivity index (χ4v) is 4.12. The van der Waals surface area contributed by atoms with Crippen LogP contribution in [0.1, 0.15) is 25.7 Å². The second kappa shape index (κ2) is 9.96. The van der Waals surface area contributed by atoms with Crippen molar-refractivity contribution in [2.45, 2.75) is 30.6 Å². The van der Waals surface area contributed by atoms with Crippen LogP contribution in [0.25, 0.3) is 0 Å². The van der Waals surface area contributed by atoms with Gasteiger partial charge >= 0.3 is 0 Å². The highest BCUT2D eigenvalue weighted by Gasteiger charge is 2.18. The first-order chi connectivity index (χ1) is 14.0. The smallest absolute Gasteiger partial charge is 0.240 e. The van der Waals surface area contributed by atoms with Gasteiger partial charge in [-0.15, -0.1) is 0 Å². The minimum Gasteiger partial charge on any atom is -0.486 e. The molecule has 0 saturated carbocycles. The van der Waals surface area contributed by atoms with Crippen LogP contribution in [-0.4, -0.2) is 34.1 Å². The highest BCUT2D eigenvalue weighted by Crippen LogP contribution is 2.32. The molecule has 9 heteroatoms. The SMILES string of the molecule is O=C(CCCCCNS(=O)(=O)c1ccc2c(c1)OCCO2)Nc1ccccc1Cl. The van der Waals surface area contributed by atoms with Crippen molar-refractivity contribution in [3.63, 3.8) is 0 Å². The Bertz CT molecular complexity index is 965. The van der Waals surface area contributed by atoms with Crippen LogP contribution in [0, 0.1) is 0 Å². The van der Waals surface area contributed by atoms with Crippen LogP contribution in [0.4, 0.5) is 5.69 Å². The van der Waals surface area contributed by atoms with E-state index in [1.54, 1.807) is 30.3 Å². The lowest BCUT2D eigenvalue weighted by molar-refractivity contribution is -0.116. The van der Waals surface area contributed by atoms with Gasteiger partial charge in [0, 0.05) is 19.0 Å². The summed E-state index contributed by atoms with van der Waals surface area (Å²) < 4.78 is 38.2. The number of nitrogens with one attached hydrogen (secondary N) is 2. The number of fused-ring (bicyclic) bond motifs is 1. The second-order valence-corrected chi connectivity index (χ2v) is 8.72. The van der Waals surface area contributed by atoms with Crippen LogP contribution < -0.4 is 19.5 Å². The zero-order valence-corrected chi connectivity index (χ0v) is 17.4. The van der Waals surface area contributed by atoms with Gasteiger partial charge in [-0.1, -0.05) is 30.2 Å². The molecule has 0 radical (unpaired) electrons. The largest absolute Gasteiger partial charge is 0.486 e. The van der Waals surface area contributed by atoms with Crippen molar-refractivity contribution in [3.8, 4) is 11.5 Å². The molecular weight excluding hydrogens is 416 g/mol. The predicted molar refractivity (Wildman–Crippen MR) is 111 cm³/mol. The number of ether oxygens (including phenoxy) is 2. The average Bonchev–Trinajstić information content (AvgIpc) is 2.72. The molecule has 0 spiro atoms. The van der Waals surface area contributed by atoms with Crippen molar-refractivity contribution in [1.29, 1.82) is 0 Å². The summed E-state index contributed by atoms with van der Waals surface area (Å²) in [5.74, 6) is 0.865. The van der Waals surface area contributed by atoms with Gasteiger partial charge in [-0.2, -0.15) is 0 Å². The van der Waals surface area contributed by atoms with Gasteiger partial charge < -0.3 is 14.8 Å². The fraction of sp³-hybridized carbons (Fsp3) is 0.350. The number of carbonyl (C=O) groups excluding carboxylic acids is 1. The molecule has 29 heavy (non-hydrogen) atoms. The zero-order chi connectivity index (χ0) is 20.7. The molecule has 0 bridgehead atoms. The highest BCUT2D eigenvalue weighted by atomic mass is 35.5. The summed E-state index contributed by atoms with van der Waals surface area (Å²) in [5.41, 5.74) is 0.589. The van der Waals surface area contributed by atoms with Crippen molar-refractivity contribution in [2.75, 3.05) is 25.1 Å². The minimum absolute atomic E-state index is 0.116. The Morgan fingerprint density at radius 1 is 1.00 bits per heavy atom. The Labute approximate surface area is 175 Å². The number of carbonyl (C=O) groups is 1. The molecule has 1 aliphatic heterocycles. The lowest BCUT2D eigenvalue weighted by Crippen LogP contribution is -2.25. The number of hydrogen-bond acceptors (Lipinski definition) is 5. The van der Waals surface area contributed by atoms with Crippen LogP contribution in [0.3, 0.4) is 0 Å². The van der Waals surface area contributed by atoms with Gasteiger partial charge in [0.2, 0.25) is 15.9 Å². The third kappa shape index (κ3) is 6.09. The van der Waals surface area contributed by atoms with Gasteiger partial charge in [0.1, 0.15) is 13.2 Å². The average molecular weight is 439 g/mol. The van der Waals surface area contributed by atoms with E-state index in [1.807, 2.05) is 0 Å². The molecule has 156 valence electrons. The van der Waals surface area contributed by atoms with E-state index in [0.29, 0.717) is 61.2 Å². The summed E-state index contributed by atoms with van der Waals surface area (Å²) in [4.78, 5) is 12.1. The number of halogens is 1. The minimum atomic E-state index is -3.62. The molecule has 1 amide bonds. The molecule has 1 heterocycles. The number of sulfonamides is 1. The Hall–Kier alpha value is -2.29. The van der Waals surface area contributed by atoms with Gasteiger partial charge in [0.05, 0.1) is 15.6 Å². The molecule has 7 nitrogen and oxygen atoms in total. The van der Waals surface area contributed by atoms with E-state index in [-0.39, 0.29) is 10.8 Å². The van der Waals surface area contributed by atoms with E-state index in [2.05, 4.69) is 10.0 Å². The maximum Gasteiger partial charge on any atom is 0.240 e. The van der Waals surface area contributed by atoms with Crippen LogP contribution in [0.5, 0.6) is 11.5 Å². The van der Waals surface area contributed by atoms with Crippen LogP contribution in [-0.2, 0) is 14.8 Å². The fourth-order valence-electron chi connectivity index (χ4n) is 2.84. The number of benzene rings is 2. The molecular formula is C20H23ClN2O5S. The maximum absolute atomic E-state index is 12.4. The normalized spacial score (nSPS) is 13.1. The Balaban J connectivity index is 1.38. The molecule has 0 unspecified atom stereocenters. The number of hydrogen-bond donors (Lipinski definition) is 2. The van der Waals surface area contributed by atoms with Gasteiger partial charge in [-0.25, -0.2) is 13.1 Å². The van der Waals surface area contributed by atoms with Crippen molar-refractivity contribution >= 4 is 33.2 Å². The van der Waals surface area contributed by atoms with E-state index in [1.165, 1.54) is 12.1 Å². The number of unbranched alkanes of at least 4 members (excludes halogenated alkanes) is 2. The van der Waals surface area contributed by atoms with E-state index < -0.39 is 10.0 Å². The lowest BCUT2D eigenvalue weighted by atomic mass is 10.2. The number of anilines is 1. The van der Waals surface area contributed by atoms with E-state index >= 15 is 0 Å². The first-order valence-electron chi connectivity index (χ1n) is 9.39. The first-order valence-corrected chi connectivity index (χ1v) is 11.3. The van der Waals surface area contributed by atoms with Crippen LogP contribution in [0.2, 0.25) is 5.02 Å². The zero-order valence-electron chi connectivity index (χ0n) is 15.8. The summed E-state index contributed by atoms with van der Waals surface area (Å²) in [6.45, 7) is 1.14. The summed E-state index contributed by atoms with van der Waals surface area (Å²) in [5, 5.41) is 3.26. The molecule has 0 fully saturated rings. The van der Waals surface area contributed by atoms with Crippen molar-refractivity contribution in [1.82, 2.24) is 4.72 Å². The van der Waals surface area contributed by atoms with E-state index in [0.717, 1.165) is 6.42 Å². The summed E-state index contributed by atoms with van der Waals surface area (Å²) in [7, 11) is -3.62. The predicted octanol–water partition coefficient (Wildman–Crippen LogP) is 3.59. The Morgan fingerprint density at radius 3 is 2.55 bits per heavy atom. The summed E-state index contributed by atoms with van der Waals surface area (Å²) in [6.07, 6.45) is 2.35. The second-order valence-electron chi connectivity index (χ2n) is 6.54. The van der Waals surface area contributed by atoms with Crippen molar-refractivity contribution < 1.29 is 22.7 Å².